The molecule has 0 aliphatic rings. The van der Waals surface area contributed by atoms with Gasteiger partial charge >= 0.3 is 0 Å². The molecule has 2 aromatic heterocycles. The highest BCUT2D eigenvalue weighted by atomic mass is 16.5. The molecule has 0 unspecified atom stereocenters. The monoisotopic (exact) mass is 439 g/mol. The molecule has 0 atom stereocenters. The predicted octanol–water partition coefficient (Wildman–Crippen LogP) is 5.75. The Bertz CT molecular complexity index is 1270. The van der Waals surface area contributed by atoms with Gasteiger partial charge in [-0.25, -0.2) is 15.0 Å². The standard InChI is InChI=1S/C26H25N5O2/c1-17(2)18-7-4-9-20(15-18)30-24(32)19-8-5-10-21(16-19)33-25-22(11-6-13-28-25)23-12-14-29-26(27-3)31-23/h4-17H,1-3H3,(H,30,32)(H,27,29,31). The first-order valence-corrected chi connectivity index (χ1v) is 10.7. The van der Waals surface area contributed by atoms with Gasteiger partial charge in [-0.2, -0.15) is 0 Å². The van der Waals surface area contributed by atoms with Crippen LogP contribution in [0.1, 0.15) is 35.7 Å². The second kappa shape index (κ2) is 9.91. The van der Waals surface area contributed by atoms with E-state index in [9.17, 15) is 4.79 Å². The summed E-state index contributed by atoms with van der Waals surface area (Å²) < 4.78 is 6.06. The zero-order valence-corrected chi connectivity index (χ0v) is 18.7. The van der Waals surface area contributed by atoms with Gasteiger partial charge in [-0.15, -0.1) is 0 Å². The highest BCUT2D eigenvalue weighted by Gasteiger charge is 2.13. The SMILES string of the molecule is CNc1nccc(-c2cccnc2Oc2cccc(C(=O)Nc3cccc(C(C)C)c3)c2)n1. The second-order valence-electron chi connectivity index (χ2n) is 7.74. The molecule has 7 nitrogen and oxygen atoms in total. The number of nitrogens with one attached hydrogen (secondary N) is 2. The largest absolute Gasteiger partial charge is 0.438 e. The van der Waals surface area contributed by atoms with E-state index in [1.54, 1.807) is 49.8 Å². The zero-order valence-electron chi connectivity index (χ0n) is 18.7. The number of carbonyl (C=O) groups is 1. The maximum atomic E-state index is 12.9. The van der Waals surface area contributed by atoms with E-state index in [0.717, 1.165) is 11.3 Å². The van der Waals surface area contributed by atoms with Crippen molar-refractivity contribution < 1.29 is 9.53 Å². The van der Waals surface area contributed by atoms with Crippen LogP contribution in [0.5, 0.6) is 11.6 Å². The van der Waals surface area contributed by atoms with Crippen LogP contribution >= 0.6 is 0 Å². The van der Waals surface area contributed by atoms with E-state index >= 15 is 0 Å². The third kappa shape index (κ3) is 5.33. The first-order valence-electron chi connectivity index (χ1n) is 10.7. The molecule has 7 heteroatoms. The summed E-state index contributed by atoms with van der Waals surface area (Å²) in [6.45, 7) is 4.24. The topological polar surface area (TPSA) is 89.0 Å². The molecule has 33 heavy (non-hydrogen) atoms. The van der Waals surface area contributed by atoms with Gasteiger partial charge in [0, 0.05) is 30.7 Å². The van der Waals surface area contributed by atoms with Gasteiger partial charge in [-0.05, 0) is 60.0 Å². The molecular formula is C26H25N5O2. The molecule has 166 valence electrons. The lowest BCUT2D eigenvalue weighted by atomic mass is 10.0. The third-order valence-corrected chi connectivity index (χ3v) is 5.05. The van der Waals surface area contributed by atoms with Gasteiger partial charge in [0.2, 0.25) is 11.8 Å². The molecule has 1 amide bonds. The minimum atomic E-state index is -0.211. The summed E-state index contributed by atoms with van der Waals surface area (Å²) >= 11 is 0. The van der Waals surface area contributed by atoms with E-state index in [0.29, 0.717) is 34.8 Å². The van der Waals surface area contributed by atoms with Crippen molar-refractivity contribution in [1.29, 1.82) is 0 Å². The highest BCUT2D eigenvalue weighted by Crippen LogP contribution is 2.31. The lowest BCUT2D eigenvalue weighted by Gasteiger charge is -2.12. The number of hydrogen-bond donors (Lipinski definition) is 2. The predicted molar refractivity (Wildman–Crippen MR) is 130 cm³/mol. The Morgan fingerprint density at radius 1 is 0.939 bits per heavy atom. The van der Waals surface area contributed by atoms with Gasteiger partial charge in [0.1, 0.15) is 5.75 Å². The zero-order chi connectivity index (χ0) is 23.2. The number of hydrogen-bond acceptors (Lipinski definition) is 6. The van der Waals surface area contributed by atoms with Crippen molar-refractivity contribution >= 4 is 17.5 Å². The van der Waals surface area contributed by atoms with Crippen LogP contribution in [0.3, 0.4) is 0 Å². The molecule has 4 aromatic rings. The van der Waals surface area contributed by atoms with Crippen molar-refractivity contribution in [3.05, 3.63) is 90.3 Å². The molecule has 4 rings (SSSR count). The quantitative estimate of drug-likeness (QED) is 0.381. The molecule has 0 saturated carbocycles. The fourth-order valence-corrected chi connectivity index (χ4v) is 3.29. The molecule has 0 bridgehead atoms. The Morgan fingerprint density at radius 2 is 1.79 bits per heavy atom. The molecule has 2 N–H and O–H groups in total. The summed E-state index contributed by atoms with van der Waals surface area (Å²) in [4.78, 5) is 25.8. The number of aromatic nitrogens is 3. The molecule has 0 fully saturated rings. The van der Waals surface area contributed by atoms with Crippen LogP contribution in [-0.4, -0.2) is 27.9 Å². The van der Waals surface area contributed by atoms with Gasteiger partial charge in [0.15, 0.2) is 0 Å². The number of ether oxygens (including phenoxy) is 1. The van der Waals surface area contributed by atoms with E-state index in [1.165, 1.54) is 5.56 Å². The summed E-state index contributed by atoms with van der Waals surface area (Å²) in [5.74, 6) is 1.56. The van der Waals surface area contributed by atoms with Crippen LogP contribution in [0.25, 0.3) is 11.3 Å². The third-order valence-electron chi connectivity index (χ3n) is 5.05. The first kappa shape index (κ1) is 22.0. The van der Waals surface area contributed by atoms with Crippen LogP contribution in [0.2, 0.25) is 0 Å². The number of carbonyl (C=O) groups excluding carboxylic acids is 1. The summed E-state index contributed by atoms with van der Waals surface area (Å²) in [5.41, 5.74) is 3.81. The molecule has 0 radical (unpaired) electrons. The maximum absolute atomic E-state index is 12.9. The molecule has 2 heterocycles. The molecule has 0 aliphatic heterocycles. The van der Waals surface area contributed by atoms with Crippen LogP contribution in [0.4, 0.5) is 11.6 Å². The Hall–Kier alpha value is -4.26. The van der Waals surface area contributed by atoms with Crippen molar-refractivity contribution in [3.8, 4) is 22.9 Å². The number of pyridine rings is 1. The first-order chi connectivity index (χ1) is 16.0. The summed E-state index contributed by atoms with van der Waals surface area (Å²) in [7, 11) is 1.76. The van der Waals surface area contributed by atoms with E-state index in [4.69, 9.17) is 4.74 Å². The maximum Gasteiger partial charge on any atom is 0.255 e. The minimum absolute atomic E-state index is 0.211. The smallest absolute Gasteiger partial charge is 0.255 e. The highest BCUT2D eigenvalue weighted by molar-refractivity contribution is 6.04. The van der Waals surface area contributed by atoms with Gasteiger partial charge < -0.3 is 15.4 Å². The second-order valence-corrected chi connectivity index (χ2v) is 7.74. The van der Waals surface area contributed by atoms with Crippen LogP contribution in [-0.2, 0) is 0 Å². The van der Waals surface area contributed by atoms with Crippen LogP contribution in [0.15, 0.2) is 79.1 Å². The van der Waals surface area contributed by atoms with Gasteiger partial charge in [0.05, 0.1) is 11.3 Å². The van der Waals surface area contributed by atoms with Gasteiger partial charge in [-0.3, -0.25) is 4.79 Å². The Labute approximate surface area is 192 Å². The van der Waals surface area contributed by atoms with E-state index < -0.39 is 0 Å². The average molecular weight is 440 g/mol. The van der Waals surface area contributed by atoms with E-state index in [-0.39, 0.29) is 5.91 Å². The summed E-state index contributed by atoms with van der Waals surface area (Å²) in [6, 6.07) is 20.4. The number of amides is 1. The Morgan fingerprint density at radius 3 is 2.61 bits per heavy atom. The van der Waals surface area contributed by atoms with Crippen molar-refractivity contribution in [1.82, 2.24) is 15.0 Å². The van der Waals surface area contributed by atoms with E-state index in [1.807, 2.05) is 30.3 Å². The van der Waals surface area contributed by atoms with Gasteiger partial charge in [-0.1, -0.05) is 32.0 Å². The van der Waals surface area contributed by atoms with E-state index in [2.05, 4.69) is 45.5 Å². The van der Waals surface area contributed by atoms with Crippen molar-refractivity contribution in [3.63, 3.8) is 0 Å². The lowest BCUT2D eigenvalue weighted by molar-refractivity contribution is 0.102. The Kier molecular flexibility index (Phi) is 6.59. The fraction of sp³-hybridized carbons (Fsp3) is 0.154. The molecule has 0 spiro atoms. The molecule has 2 aromatic carbocycles. The summed E-state index contributed by atoms with van der Waals surface area (Å²) in [5, 5.41) is 5.89. The van der Waals surface area contributed by atoms with Crippen LogP contribution < -0.4 is 15.4 Å². The van der Waals surface area contributed by atoms with Crippen molar-refractivity contribution in [2.24, 2.45) is 0 Å². The van der Waals surface area contributed by atoms with Gasteiger partial charge in [0.25, 0.3) is 5.91 Å². The number of anilines is 2. The lowest BCUT2D eigenvalue weighted by Crippen LogP contribution is -2.12. The van der Waals surface area contributed by atoms with Crippen molar-refractivity contribution in [2.45, 2.75) is 19.8 Å². The molecule has 0 aliphatic carbocycles. The van der Waals surface area contributed by atoms with Crippen molar-refractivity contribution in [2.75, 3.05) is 17.7 Å². The molecular weight excluding hydrogens is 414 g/mol. The average Bonchev–Trinajstić information content (AvgIpc) is 2.84. The number of rotatable bonds is 7. The minimum Gasteiger partial charge on any atom is -0.438 e. The Balaban J connectivity index is 1.56. The normalized spacial score (nSPS) is 10.7. The van der Waals surface area contributed by atoms with Crippen LogP contribution in [0, 0.1) is 0 Å². The number of nitrogens with zero attached hydrogens (tertiary/aromatic N) is 3. The molecule has 0 saturated heterocycles. The summed E-state index contributed by atoms with van der Waals surface area (Å²) in [6.07, 6.45) is 3.32. The fourth-order valence-electron chi connectivity index (χ4n) is 3.29. The number of benzene rings is 2.